The quantitative estimate of drug-likeness (QED) is 0.108. The molecule has 2 rings (SSSR count). The molecule has 2 N–H and O–H groups in total. The molecule has 1 atom stereocenters. The van der Waals surface area contributed by atoms with Gasteiger partial charge in [-0.25, -0.2) is 0 Å². The van der Waals surface area contributed by atoms with E-state index in [0.29, 0.717) is 36.6 Å². The summed E-state index contributed by atoms with van der Waals surface area (Å²) in [5, 5.41) is 3.52. The summed E-state index contributed by atoms with van der Waals surface area (Å²) in [4.78, 5) is 17.9. The Morgan fingerprint density at radius 1 is 1.38 bits per heavy atom. The summed E-state index contributed by atoms with van der Waals surface area (Å²) >= 11 is 0. The Balaban J connectivity index is 2.22. The molecule has 0 radical (unpaired) electrons. The first-order valence-corrected chi connectivity index (χ1v) is 13.5. The maximum absolute atomic E-state index is 13.4. The largest absolute Gasteiger partial charge is 0.493 e. The summed E-state index contributed by atoms with van der Waals surface area (Å²) in [5.74, 6) is 0.581. The van der Waals surface area contributed by atoms with Gasteiger partial charge in [0.15, 0.2) is 19.8 Å². The average molecular weight is 462 g/mol. The molecular formula is C22H35N5O4Si. The maximum Gasteiger partial charge on any atom is 0.256 e. The van der Waals surface area contributed by atoms with Crippen LogP contribution in [0.25, 0.3) is 10.4 Å². The second-order valence-electron chi connectivity index (χ2n) is 9.51. The number of benzene rings is 1. The van der Waals surface area contributed by atoms with Crippen LogP contribution in [-0.4, -0.2) is 58.6 Å². The van der Waals surface area contributed by atoms with Crippen LogP contribution in [0.3, 0.4) is 0 Å². The maximum atomic E-state index is 13.4. The van der Waals surface area contributed by atoms with E-state index in [1.54, 1.807) is 17.0 Å². The average Bonchev–Trinajstić information content (AvgIpc) is 3.09. The summed E-state index contributed by atoms with van der Waals surface area (Å²) in [5.41, 5.74) is 16.2. The van der Waals surface area contributed by atoms with Crippen LogP contribution >= 0.6 is 0 Å². The van der Waals surface area contributed by atoms with Gasteiger partial charge in [-0.15, -0.1) is 0 Å². The van der Waals surface area contributed by atoms with E-state index >= 15 is 0 Å². The van der Waals surface area contributed by atoms with Crippen LogP contribution in [0.5, 0.6) is 11.5 Å². The van der Waals surface area contributed by atoms with Crippen LogP contribution in [-0.2, 0) is 4.43 Å². The molecule has 0 aromatic heterocycles. The van der Waals surface area contributed by atoms with E-state index in [2.05, 4.69) is 50.5 Å². The molecule has 9 nitrogen and oxygen atoms in total. The van der Waals surface area contributed by atoms with Gasteiger partial charge >= 0.3 is 0 Å². The molecule has 0 spiro atoms. The van der Waals surface area contributed by atoms with Gasteiger partial charge < -0.3 is 24.5 Å². The highest BCUT2D eigenvalue weighted by Gasteiger charge is 2.40. The fraction of sp³-hybridized carbons (Fsp3) is 0.591. The number of carbonyl (C=O) groups is 1. The van der Waals surface area contributed by atoms with Gasteiger partial charge in [0.2, 0.25) is 0 Å². The second kappa shape index (κ2) is 10.3. The minimum Gasteiger partial charge on any atom is -0.493 e. The lowest BCUT2D eigenvalue weighted by Crippen LogP contribution is -2.46. The predicted octanol–water partition coefficient (Wildman–Crippen LogP) is 4.76. The van der Waals surface area contributed by atoms with Gasteiger partial charge in [0.05, 0.1) is 38.5 Å². The van der Waals surface area contributed by atoms with E-state index in [4.69, 9.17) is 25.2 Å². The number of nitrogen functional groups attached to an aromatic ring is 1. The highest BCUT2D eigenvalue weighted by Crippen LogP contribution is 2.38. The monoisotopic (exact) mass is 461 g/mol. The van der Waals surface area contributed by atoms with Crippen molar-refractivity contribution in [3.63, 3.8) is 0 Å². The Morgan fingerprint density at radius 2 is 2.06 bits per heavy atom. The van der Waals surface area contributed by atoms with E-state index in [-0.39, 0.29) is 35.8 Å². The predicted molar refractivity (Wildman–Crippen MR) is 129 cm³/mol. The Morgan fingerprint density at radius 3 is 2.66 bits per heavy atom. The molecule has 1 amide bonds. The lowest BCUT2D eigenvalue weighted by molar-refractivity contribution is 0.0686. The van der Waals surface area contributed by atoms with Crippen LogP contribution in [0, 0.1) is 0 Å². The summed E-state index contributed by atoms with van der Waals surface area (Å²) in [6, 6.07) is 3.07. The van der Waals surface area contributed by atoms with Crippen molar-refractivity contribution in [3.05, 3.63) is 40.3 Å². The van der Waals surface area contributed by atoms with Crippen molar-refractivity contribution in [1.29, 1.82) is 0 Å². The van der Waals surface area contributed by atoms with Gasteiger partial charge in [-0.05, 0) is 36.2 Å². The number of rotatable bonds is 9. The van der Waals surface area contributed by atoms with E-state index in [1.807, 2.05) is 0 Å². The van der Waals surface area contributed by atoms with Crippen LogP contribution in [0.2, 0.25) is 18.1 Å². The molecule has 1 aliphatic heterocycles. The van der Waals surface area contributed by atoms with E-state index < -0.39 is 8.32 Å². The zero-order valence-electron chi connectivity index (χ0n) is 20.0. The van der Waals surface area contributed by atoms with Crippen molar-refractivity contribution in [3.8, 4) is 11.5 Å². The summed E-state index contributed by atoms with van der Waals surface area (Å²) < 4.78 is 17.4. The number of amides is 1. The van der Waals surface area contributed by atoms with Gasteiger partial charge in [0.25, 0.3) is 5.91 Å². The highest BCUT2D eigenvalue weighted by molar-refractivity contribution is 6.74. The molecule has 32 heavy (non-hydrogen) atoms. The van der Waals surface area contributed by atoms with Crippen LogP contribution in [0.15, 0.2) is 29.4 Å². The number of nitrogens with two attached hydrogens (primary N) is 1. The summed E-state index contributed by atoms with van der Waals surface area (Å²) in [6.45, 7) is 16.4. The van der Waals surface area contributed by atoms with Crippen molar-refractivity contribution in [2.45, 2.75) is 51.4 Å². The number of carbonyl (C=O) groups excluding carboxylic acids is 1. The van der Waals surface area contributed by atoms with Gasteiger partial charge in [-0.1, -0.05) is 38.0 Å². The molecule has 1 aromatic rings. The number of azide groups is 1. The van der Waals surface area contributed by atoms with Crippen LogP contribution in [0.4, 0.5) is 5.69 Å². The molecule has 176 valence electrons. The molecule has 1 aliphatic rings. The normalized spacial score (nSPS) is 16.6. The van der Waals surface area contributed by atoms with Crippen molar-refractivity contribution < 1.29 is 18.7 Å². The number of hydrogen-bond acceptors (Lipinski definition) is 6. The van der Waals surface area contributed by atoms with Gasteiger partial charge in [-0.2, -0.15) is 0 Å². The van der Waals surface area contributed by atoms with E-state index in [1.165, 1.54) is 7.11 Å². The molecule has 1 aromatic carbocycles. The third kappa shape index (κ3) is 5.97. The minimum atomic E-state index is -1.95. The third-order valence-electron chi connectivity index (χ3n) is 6.14. The van der Waals surface area contributed by atoms with Gasteiger partial charge in [-0.3, -0.25) is 4.79 Å². The topological polar surface area (TPSA) is 123 Å². The molecule has 1 heterocycles. The molecular weight excluding hydrogens is 426 g/mol. The molecule has 10 heteroatoms. The fourth-order valence-corrected chi connectivity index (χ4v) is 4.26. The van der Waals surface area contributed by atoms with Gasteiger partial charge in [0, 0.05) is 23.2 Å². The second-order valence-corrected chi connectivity index (χ2v) is 14.3. The first-order valence-electron chi connectivity index (χ1n) is 10.6. The summed E-state index contributed by atoms with van der Waals surface area (Å²) in [6.07, 6.45) is 0.706. The van der Waals surface area contributed by atoms with Gasteiger partial charge in [0.1, 0.15) is 0 Å². The zero-order chi connectivity index (χ0) is 24.1. The first-order chi connectivity index (χ1) is 14.9. The molecule has 1 saturated heterocycles. The van der Waals surface area contributed by atoms with Crippen molar-refractivity contribution >= 4 is 19.9 Å². The lowest BCUT2D eigenvalue weighted by Gasteiger charge is -2.38. The van der Waals surface area contributed by atoms with Crippen LogP contribution < -0.4 is 15.2 Å². The standard InChI is InChI=1S/C22H35N5O4Si/c1-15-10-16(14-31-32(6,7)22(2,3)4)27(13-15)21(28)17-11-19(29-5)20(12-18(17)23)30-9-8-25-26-24/h11-12,16H,1,8-10,13-14,23H2,2-7H3/t16-/m0/s1. The van der Waals surface area contributed by atoms with Crippen LogP contribution in [0.1, 0.15) is 37.6 Å². The number of hydrogen-bond donors (Lipinski definition) is 1. The van der Waals surface area contributed by atoms with Crippen molar-refractivity contribution in [1.82, 2.24) is 4.90 Å². The molecule has 0 bridgehead atoms. The fourth-order valence-electron chi connectivity index (χ4n) is 3.21. The Kier molecular flexibility index (Phi) is 8.22. The first kappa shape index (κ1) is 25.6. The molecule has 1 fully saturated rings. The van der Waals surface area contributed by atoms with E-state index in [9.17, 15) is 4.79 Å². The smallest absolute Gasteiger partial charge is 0.256 e. The SMILES string of the molecule is C=C1C[C@@H](CO[Si](C)(C)C(C)(C)C)N(C(=O)c2cc(OC)c(OCCN=[N+]=[N-])cc2N)C1. The lowest BCUT2D eigenvalue weighted by atomic mass is 10.1. The molecule has 0 unspecified atom stereocenters. The Bertz CT molecular complexity index is 906. The third-order valence-corrected chi connectivity index (χ3v) is 10.6. The van der Waals surface area contributed by atoms with Crippen molar-refractivity contribution in [2.24, 2.45) is 5.11 Å². The molecule has 0 saturated carbocycles. The number of ether oxygens (including phenoxy) is 2. The zero-order valence-corrected chi connectivity index (χ0v) is 21.0. The number of anilines is 1. The number of methoxy groups -OCH3 is 1. The van der Waals surface area contributed by atoms with Crippen molar-refractivity contribution in [2.75, 3.05) is 39.1 Å². The Hall–Kier alpha value is -2.68. The molecule has 0 aliphatic carbocycles. The Labute approximate surface area is 191 Å². The summed E-state index contributed by atoms with van der Waals surface area (Å²) in [7, 11) is -0.455. The minimum absolute atomic E-state index is 0.0869. The number of nitrogens with zero attached hydrogens (tertiary/aromatic N) is 4. The highest BCUT2D eigenvalue weighted by atomic mass is 28.4. The van der Waals surface area contributed by atoms with E-state index in [0.717, 1.165) is 5.57 Å². The number of likely N-dealkylation sites (tertiary alicyclic amines) is 1.